The van der Waals surface area contributed by atoms with E-state index in [-0.39, 0.29) is 18.9 Å². The molecule has 21 heavy (non-hydrogen) atoms. The number of hydrogen-bond acceptors (Lipinski definition) is 4. The molecule has 1 saturated heterocycles. The Morgan fingerprint density at radius 3 is 2.86 bits per heavy atom. The van der Waals surface area contributed by atoms with Crippen LogP contribution in [0, 0.1) is 5.82 Å². The second-order valence-corrected chi connectivity index (χ2v) is 7.08. The van der Waals surface area contributed by atoms with Crippen LogP contribution in [0.1, 0.15) is 17.3 Å². The molecule has 2 heterocycles. The summed E-state index contributed by atoms with van der Waals surface area (Å²) in [6.07, 6.45) is -0.584. The molecule has 1 unspecified atom stereocenters. The predicted octanol–water partition coefficient (Wildman–Crippen LogP) is 3.38. The van der Waals surface area contributed by atoms with Crippen molar-refractivity contribution < 1.29 is 14.4 Å². The van der Waals surface area contributed by atoms with Gasteiger partial charge in [-0.25, -0.2) is 9.45 Å². The van der Waals surface area contributed by atoms with E-state index in [1.165, 1.54) is 17.4 Å². The van der Waals surface area contributed by atoms with E-state index in [1.807, 2.05) is 11.4 Å². The van der Waals surface area contributed by atoms with Crippen molar-refractivity contribution in [2.24, 2.45) is 0 Å². The summed E-state index contributed by atoms with van der Waals surface area (Å²) in [6.45, 7) is 0.316. The molecular weight excluding hydrogens is 359 g/mol. The van der Waals surface area contributed by atoms with Crippen molar-refractivity contribution in [1.82, 2.24) is 9.96 Å². The third kappa shape index (κ3) is 2.87. The van der Waals surface area contributed by atoms with Crippen molar-refractivity contribution in [3.05, 3.63) is 56.4 Å². The molecule has 0 spiro atoms. The SMILES string of the molecule is O=C1CN(Cc2ccccc2F)C(c2csc(Br)c2)N1O. The first-order chi connectivity index (χ1) is 10.1. The number of hydroxylamine groups is 2. The lowest BCUT2D eigenvalue weighted by molar-refractivity contribution is -0.170. The third-order valence-corrected chi connectivity index (χ3v) is 4.91. The van der Waals surface area contributed by atoms with E-state index in [9.17, 15) is 14.4 Å². The van der Waals surface area contributed by atoms with Crippen LogP contribution in [-0.2, 0) is 11.3 Å². The molecule has 0 aliphatic carbocycles. The maximum Gasteiger partial charge on any atom is 0.262 e. The fourth-order valence-electron chi connectivity index (χ4n) is 2.42. The highest BCUT2D eigenvalue weighted by Crippen LogP contribution is 2.34. The largest absolute Gasteiger partial charge is 0.284 e. The summed E-state index contributed by atoms with van der Waals surface area (Å²) in [7, 11) is 0. The maximum absolute atomic E-state index is 13.8. The lowest BCUT2D eigenvalue weighted by Crippen LogP contribution is -2.29. The average molecular weight is 371 g/mol. The molecule has 1 aliphatic rings. The summed E-state index contributed by atoms with van der Waals surface area (Å²) in [5.41, 5.74) is 1.30. The van der Waals surface area contributed by atoms with Gasteiger partial charge in [0.05, 0.1) is 10.3 Å². The number of benzene rings is 1. The molecule has 1 amide bonds. The monoisotopic (exact) mass is 370 g/mol. The molecule has 1 atom stereocenters. The van der Waals surface area contributed by atoms with Crippen LogP contribution in [0.5, 0.6) is 0 Å². The Balaban J connectivity index is 1.89. The average Bonchev–Trinajstić information content (AvgIpc) is 2.98. The summed E-state index contributed by atoms with van der Waals surface area (Å²) in [6, 6.07) is 8.30. The normalized spacial score (nSPS) is 19.5. The van der Waals surface area contributed by atoms with Crippen LogP contribution in [-0.4, -0.2) is 27.6 Å². The molecule has 1 N–H and O–H groups in total. The van der Waals surface area contributed by atoms with Crippen molar-refractivity contribution in [1.29, 1.82) is 0 Å². The van der Waals surface area contributed by atoms with Crippen LogP contribution in [0.3, 0.4) is 0 Å². The zero-order valence-electron chi connectivity index (χ0n) is 10.9. The van der Waals surface area contributed by atoms with E-state index in [0.717, 1.165) is 14.4 Å². The molecule has 0 saturated carbocycles. The van der Waals surface area contributed by atoms with Gasteiger partial charge in [-0.05, 0) is 33.4 Å². The van der Waals surface area contributed by atoms with Crippen LogP contribution < -0.4 is 0 Å². The minimum Gasteiger partial charge on any atom is -0.284 e. The highest BCUT2D eigenvalue weighted by atomic mass is 79.9. The van der Waals surface area contributed by atoms with Gasteiger partial charge >= 0.3 is 0 Å². The molecule has 1 aromatic carbocycles. The molecule has 3 rings (SSSR count). The number of carbonyl (C=O) groups excluding carboxylic acids is 1. The van der Waals surface area contributed by atoms with Gasteiger partial charge in [0, 0.05) is 17.7 Å². The quantitative estimate of drug-likeness (QED) is 0.842. The van der Waals surface area contributed by atoms with E-state index >= 15 is 0 Å². The number of carbonyl (C=O) groups is 1. The minimum atomic E-state index is -0.584. The molecule has 1 fully saturated rings. The van der Waals surface area contributed by atoms with Gasteiger partial charge in [-0.15, -0.1) is 11.3 Å². The molecule has 1 aliphatic heterocycles. The number of nitrogens with zero attached hydrogens (tertiary/aromatic N) is 2. The number of rotatable bonds is 3. The van der Waals surface area contributed by atoms with Crippen LogP contribution in [0.4, 0.5) is 4.39 Å². The van der Waals surface area contributed by atoms with Crippen LogP contribution in [0.15, 0.2) is 39.5 Å². The maximum atomic E-state index is 13.8. The van der Waals surface area contributed by atoms with E-state index in [1.54, 1.807) is 23.1 Å². The molecule has 110 valence electrons. The van der Waals surface area contributed by atoms with Crippen LogP contribution in [0.2, 0.25) is 0 Å². The Morgan fingerprint density at radius 2 is 2.19 bits per heavy atom. The van der Waals surface area contributed by atoms with Crippen molar-refractivity contribution in [2.75, 3.05) is 6.54 Å². The standard InChI is InChI=1S/C14H12BrFN2O2S/c15-12-5-10(8-21-12)14-17(7-13(19)18(14)20)6-9-3-1-2-4-11(9)16/h1-5,8,14,20H,6-7H2. The van der Waals surface area contributed by atoms with E-state index in [0.29, 0.717) is 5.56 Å². The molecule has 1 aromatic heterocycles. The van der Waals surface area contributed by atoms with Gasteiger partial charge < -0.3 is 0 Å². The van der Waals surface area contributed by atoms with Crippen LogP contribution >= 0.6 is 27.3 Å². The van der Waals surface area contributed by atoms with Gasteiger partial charge in [-0.3, -0.25) is 14.9 Å². The molecule has 7 heteroatoms. The Bertz CT molecular complexity index is 678. The van der Waals surface area contributed by atoms with Crippen molar-refractivity contribution in [3.8, 4) is 0 Å². The number of thiophene rings is 1. The first-order valence-electron chi connectivity index (χ1n) is 6.28. The molecule has 0 radical (unpaired) electrons. The molecular formula is C14H12BrFN2O2S. The lowest BCUT2D eigenvalue weighted by Gasteiger charge is -2.25. The van der Waals surface area contributed by atoms with E-state index in [2.05, 4.69) is 15.9 Å². The number of hydrogen-bond donors (Lipinski definition) is 1. The summed E-state index contributed by atoms with van der Waals surface area (Å²) in [5, 5.41) is 12.6. The smallest absolute Gasteiger partial charge is 0.262 e. The Labute approximate surface area is 133 Å². The van der Waals surface area contributed by atoms with Gasteiger partial charge in [0.25, 0.3) is 5.91 Å². The predicted molar refractivity (Wildman–Crippen MR) is 80.2 cm³/mol. The van der Waals surface area contributed by atoms with E-state index < -0.39 is 12.1 Å². The highest BCUT2D eigenvalue weighted by molar-refractivity contribution is 9.11. The number of amides is 1. The van der Waals surface area contributed by atoms with Gasteiger partial charge in [0.15, 0.2) is 0 Å². The summed E-state index contributed by atoms with van der Waals surface area (Å²) < 4.78 is 14.7. The van der Waals surface area contributed by atoms with Gasteiger partial charge in [0.2, 0.25) is 0 Å². The van der Waals surface area contributed by atoms with Gasteiger partial charge in [-0.1, -0.05) is 18.2 Å². The third-order valence-electron chi connectivity index (χ3n) is 3.39. The zero-order valence-corrected chi connectivity index (χ0v) is 13.3. The number of halogens is 2. The van der Waals surface area contributed by atoms with Crippen molar-refractivity contribution in [2.45, 2.75) is 12.7 Å². The topological polar surface area (TPSA) is 43.8 Å². The zero-order chi connectivity index (χ0) is 15.0. The Hall–Kier alpha value is -1.28. The second kappa shape index (κ2) is 5.84. The summed E-state index contributed by atoms with van der Waals surface area (Å²) in [4.78, 5) is 13.5. The molecule has 4 nitrogen and oxygen atoms in total. The molecule has 2 aromatic rings. The summed E-state index contributed by atoms with van der Waals surface area (Å²) >= 11 is 4.84. The van der Waals surface area contributed by atoms with E-state index in [4.69, 9.17) is 0 Å². The Morgan fingerprint density at radius 1 is 1.43 bits per heavy atom. The van der Waals surface area contributed by atoms with Gasteiger partial charge in [0.1, 0.15) is 12.0 Å². The van der Waals surface area contributed by atoms with Crippen LogP contribution in [0.25, 0.3) is 0 Å². The van der Waals surface area contributed by atoms with Crippen molar-refractivity contribution >= 4 is 33.2 Å². The van der Waals surface area contributed by atoms with Crippen molar-refractivity contribution in [3.63, 3.8) is 0 Å². The highest BCUT2D eigenvalue weighted by Gasteiger charge is 2.39. The fourth-order valence-corrected chi connectivity index (χ4v) is 3.61. The first kappa shape index (κ1) is 14.6. The fraction of sp³-hybridized carbons (Fsp3) is 0.214. The second-order valence-electron chi connectivity index (χ2n) is 4.79. The Kier molecular flexibility index (Phi) is 4.08. The van der Waals surface area contributed by atoms with Gasteiger partial charge in [-0.2, -0.15) is 0 Å². The molecule has 0 bridgehead atoms. The summed E-state index contributed by atoms with van der Waals surface area (Å²) in [5.74, 6) is -0.703. The minimum absolute atomic E-state index is 0.0585. The lowest BCUT2D eigenvalue weighted by atomic mass is 10.1. The first-order valence-corrected chi connectivity index (χ1v) is 7.96.